The van der Waals surface area contributed by atoms with E-state index in [9.17, 15) is 27.9 Å². The van der Waals surface area contributed by atoms with Crippen molar-refractivity contribution in [2.75, 3.05) is 13.2 Å². The molecule has 1 aromatic heterocycles. The largest absolute Gasteiger partial charge is 0.494 e. The van der Waals surface area contributed by atoms with Crippen LogP contribution in [-0.4, -0.2) is 39.9 Å². The quantitative estimate of drug-likeness (QED) is 0.0628. The van der Waals surface area contributed by atoms with Crippen LogP contribution in [0.1, 0.15) is 48.1 Å². The second-order valence-corrected chi connectivity index (χ2v) is 10.1. The first-order valence-corrected chi connectivity index (χ1v) is 14.0. The second kappa shape index (κ2) is 14.6. The highest BCUT2D eigenvalue weighted by Crippen LogP contribution is 2.33. The maximum Gasteiger partial charge on any atom is 0.323 e. The minimum atomic E-state index is -1.57. The third kappa shape index (κ3) is 7.77. The minimum absolute atomic E-state index is 0.0819. The van der Waals surface area contributed by atoms with E-state index in [1.807, 2.05) is 18.2 Å². The molecule has 1 heterocycles. The van der Waals surface area contributed by atoms with E-state index in [1.54, 1.807) is 35.8 Å². The Balaban J connectivity index is 1.39. The van der Waals surface area contributed by atoms with Gasteiger partial charge in [0.25, 0.3) is 0 Å². The Labute approximate surface area is 251 Å². The highest BCUT2D eigenvalue weighted by Gasteiger charge is 2.21. The summed E-state index contributed by atoms with van der Waals surface area (Å²) in [6.07, 6.45) is 5.15. The smallest absolute Gasteiger partial charge is 0.323 e. The second-order valence-electron chi connectivity index (χ2n) is 10.1. The van der Waals surface area contributed by atoms with Gasteiger partial charge in [-0.1, -0.05) is 24.3 Å². The molecule has 0 fully saturated rings. The monoisotopic (exact) mass is 613 g/mol. The Kier molecular flexibility index (Phi) is 10.6. The van der Waals surface area contributed by atoms with Crippen LogP contribution >= 0.6 is 0 Å². The number of ether oxygens (including phenoxy) is 2. The third-order valence-corrected chi connectivity index (χ3v) is 7.08. The summed E-state index contributed by atoms with van der Waals surface area (Å²) in [6.45, 7) is 1.79. The van der Waals surface area contributed by atoms with Gasteiger partial charge >= 0.3 is 11.9 Å². The molecule has 0 saturated carbocycles. The lowest BCUT2D eigenvalue weighted by Crippen LogP contribution is -2.10. The molecule has 0 aliphatic heterocycles. The van der Waals surface area contributed by atoms with E-state index in [4.69, 9.17) is 14.6 Å². The van der Waals surface area contributed by atoms with Gasteiger partial charge in [0, 0.05) is 17.5 Å². The predicted octanol–water partition coefficient (Wildman–Crippen LogP) is 7.41. The molecule has 0 spiro atoms. The molecule has 4 aromatic rings. The van der Waals surface area contributed by atoms with Crippen molar-refractivity contribution in [3.8, 4) is 11.5 Å². The van der Waals surface area contributed by atoms with Crippen LogP contribution in [0.25, 0.3) is 23.1 Å². The molecule has 0 bridgehead atoms. The SMILES string of the molecule is Cc1c(CCCC(=O)O)c2c(F)ccc(C=Cc3ccc(OCCCCOc4ccc(F)c(F)c4F)cc3)c2n1CC(=O)O. The summed E-state index contributed by atoms with van der Waals surface area (Å²) < 4.78 is 67.5. The van der Waals surface area contributed by atoms with Crippen LogP contribution in [-0.2, 0) is 22.6 Å². The van der Waals surface area contributed by atoms with Gasteiger partial charge in [-0.05, 0) is 85.7 Å². The van der Waals surface area contributed by atoms with E-state index in [2.05, 4.69) is 0 Å². The molecule has 0 saturated heterocycles. The molecule has 44 heavy (non-hydrogen) atoms. The third-order valence-electron chi connectivity index (χ3n) is 7.08. The van der Waals surface area contributed by atoms with Crippen molar-refractivity contribution in [2.24, 2.45) is 0 Å². The molecule has 0 aliphatic carbocycles. The van der Waals surface area contributed by atoms with Crippen LogP contribution in [0.5, 0.6) is 11.5 Å². The maximum absolute atomic E-state index is 15.1. The first-order valence-electron chi connectivity index (χ1n) is 14.0. The average Bonchev–Trinajstić information content (AvgIpc) is 3.26. The van der Waals surface area contributed by atoms with E-state index in [0.29, 0.717) is 65.8 Å². The maximum atomic E-state index is 15.1. The van der Waals surface area contributed by atoms with Gasteiger partial charge in [0.1, 0.15) is 18.1 Å². The van der Waals surface area contributed by atoms with Crippen molar-refractivity contribution in [2.45, 2.75) is 45.6 Å². The number of nitrogens with zero attached hydrogens (tertiary/aromatic N) is 1. The van der Waals surface area contributed by atoms with Gasteiger partial charge in [0.2, 0.25) is 5.82 Å². The standard InChI is InChI=1S/C33H31F4NO6/c1-20-24(5-4-6-28(39)40)30-25(34)14-11-22(33(30)38(20)19-29(41)42)10-7-21-8-12-23(13-9-21)43-17-2-3-18-44-27-16-15-26(35)31(36)32(27)37/h7-16H,2-6,17-19H2,1H3,(H,39,40)(H,41,42). The number of rotatable bonds is 15. The number of unbranched alkanes of at least 4 members (excludes halogenated alkanes) is 1. The number of hydrogen-bond acceptors (Lipinski definition) is 4. The molecule has 0 aliphatic rings. The normalized spacial score (nSPS) is 11.4. The molecule has 232 valence electrons. The van der Waals surface area contributed by atoms with Crippen molar-refractivity contribution in [1.29, 1.82) is 0 Å². The van der Waals surface area contributed by atoms with Gasteiger partial charge in [-0.2, -0.15) is 4.39 Å². The Hall–Kier alpha value is -4.80. The number of benzene rings is 3. The Bertz CT molecular complexity index is 1680. The Morgan fingerprint density at radius 3 is 2.16 bits per heavy atom. The van der Waals surface area contributed by atoms with Gasteiger partial charge < -0.3 is 24.3 Å². The molecule has 7 nitrogen and oxygen atoms in total. The summed E-state index contributed by atoms with van der Waals surface area (Å²) in [6, 6.07) is 11.9. The molecule has 3 aromatic carbocycles. The topological polar surface area (TPSA) is 98.0 Å². The molecule has 0 atom stereocenters. The molecule has 0 radical (unpaired) electrons. The number of aryl methyl sites for hydroxylation is 1. The molecule has 2 N–H and O–H groups in total. The van der Waals surface area contributed by atoms with Crippen LogP contribution < -0.4 is 9.47 Å². The fraction of sp³-hybridized carbons (Fsp3) is 0.273. The van der Waals surface area contributed by atoms with Gasteiger partial charge in [-0.15, -0.1) is 0 Å². The zero-order chi connectivity index (χ0) is 31.8. The number of halogens is 4. The zero-order valence-electron chi connectivity index (χ0n) is 23.9. The highest BCUT2D eigenvalue weighted by atomic mass is 19.2. The van der Waals surface area contributed by atoms with Gasteiger partial charge in [-0.25, -0.2) is 13.2 Å². The summed E-state index contributed by atoms with van der Waals surface area (Å²) in [4.78, 5) is 22.6. The van der Waals surface area contributed by atoms with Gasteiger partial charge in [-0.3, -0.25) is 9.59 Å². The molecular formula is C33H31F4NO6. The lowest BCUT2D eigenvalue weighted by atomic mass is 10.0. The summed E-state index contributed by atoms with van der Waals surface area (Å²) in [5.41, 5.74) is 3.03. The predicted molar refractivity (Wildman–Crippen MR) is 157 cm³/mol. The fourth-order valence-electron chi connectivity index (χ4n) is 4.92. The van der Waals surface area contributed by atoms with Crippen LogP contribution in [0, 0.1) is 30.2 Å². The number of fused-ring (bicyclic) bond motifs is 1. The van der Waals surface area contributed by atoms with Crippen LogP contribution in [0.2, 0.25) is 0 Å². The zero-order valence-corrected chi connectivity index (χ0v) is 23.9. The molecular weight excluding hydrogens is 582 g/mol. The number of carboxylic acid groups (broad SMARTS) is 2. The van der Waals surface area contributed by atoms with Crippen LogP contribution in [0.4, 0.5) is 17.6 Å². The fourth-order valence-corrected chi connectivity index (χ4v) is 4.92. The van der Waals surface area contributed by atoms with Crippen molar-refractivity contribution < 1.29 is 46.8 Å². The highest BCUT2D eigenvalue weighted by molar-refractivity contribution is 5.95. The lowest BCUT2D eigenvalue weighted by molar-refractivity contribution is -0.138. The number of carboxylic acids is 2. The summed E-state index contributed by atoms with van der Waals surface area (Å²) in [5.74, 6) is -6.49. The average molecular weight is 614 g/mol. The van der Waals surface area contributed by atoms with Crippen LogP contribution in [0.15, 0.2) is 48.5 Å². The van der Waals surface area contributed by atoms with Crippen molar-refractivity contribution in [1.82, 2.24) is 4.57 Å². The van der Waals surface area contributed by atoms with Crippen molar-refractivity contribution in [3.63, 3.8) is 0 Å². The number of aliphatic carboxylic acids is 2. The van der Waals surface area contributed by atoms with E-state index < -0.39 is 35.2 Å². The number of hydrogen-bond donors (Lipinski definition) is 2. The van der Waals surface area contributed by atoms with Crippen molar-refractivity contribution >= 4 is 35.0 Å². The lowest BCUT2D eigenvalue weighted by Gasteiger charge is -2.09. The van der Waals surface area contributed by atoms with Crippen molar-refractivity contribution in [3.05, 3.63) is 94.2 Å². The molecule has 0 unspecified atom stereocenters. The van der Waals surface area contributed by atoms with E-state index >= 15 is 4.39 Å². The van der Waals surface area contributed by atoms with E-state index in [0.717, 1.165) is 17.7 Å². The summed E-state index contributed by atoms with van der Waals surface area (Å²) in [5, 5.41) is 18.8. The molecule has 4 rings (SSSR count). The van der Waals surface area contributed by atoms with E-state index in [-0.39, 0.29) is 25.3 Å². The first kappa shape index (κ1) is 32.1. The van der Waals surface area contributed by atoms with E-state index in [1.165, 1.54) is 6.07 Å². The number of carbonyl (C=O) groups is 2. The summed E-state index contributed by atoms with van der Waals surface area (Å²) >= 11 is 0. The Morgan fingerprint density at radius 1 is 0.795 bits per heavy atom. The molecule has 11 heteroatoms. The number of aromatic nitrogens is 1. The summed E-state index contributed by atoms with van der Waals surface area (Å²) in [7, 11) is 0. The Morgan fingerprint density at radius 2 is 1.48 bits per heavy atom. The first-order chi connectivity index (χ1) is 21.1. The van der Waals surface area contributed by atoms with Crippen LogP contribution in [0.3, 0.4) is 0 Å². The van der Waals surface area contributed by atoms with Gasteiger partial charge in [0.05, 0.1) is 18.7 Å². The molecule has 0 amide bonds. The van der Waals surface area contributed by atoms with Gasteiger partial charge in [0.15, 0.2) is 17.4 Å². The minimum Gasteiger partial charge on any atom is -0.494 e.